The second-order valence-electron chi connectivity index (χ2n) is 9.20. The molecular weight excluding hydrogens is 456 g/mol. The zero-order valence-corrected chi connectivity index (χ0v) is 19.7. The number of anilines is 3. The van der Waals surface area contributed by atoms with Crippen molar-refractivity contribution in [3.8, 4) is 0 Å². The molecule has 3 fully saturated rings. The summed E-state index contributed by atoms with van der Waals surface area (Å²) in [6, 6.07) is 6.52. The number of ether oxygens (including phenoxy) is 1. The van der Waals surface area contributed by atoms with Crippen molar-refractivity contribution < 1.29 is 18.3 Å². The fraction of sp³-hybridized carbons (Fsp3) is 0.542. The highest BCUT2D eigenvalue weighted by Crippen LogP contribution is 2.20. The number of hydrogen-bond donors (Lipinski definition) is 1. The third-order valence-electron chi connectivity index (χ3n) is 6.88. The van der Waals surface area contributed by atoms with Crippen LogP contribution in [0.15, 0.2) is 30.3 Å². The third-order valence-corrected chi connectivity index (χ3v) is 6.88. The highest BCUT2D eigenvalue weighted by Gasteiger charge is 2.25. The van der Waals surface area contributed by atoms with E-state index in [1.807, 2.05) is 12.1 Å². The van der Waals surface area contributed by atoms with Crippen molar-refractivity contribution >= 4 is 23.4 Å². The summed E-state index contributed by atoms with van der Waals surface area (Å²) in [6.07, 6.45) is 2.72. The highest BCUT2D eigenvalue weighted by molar-refractivity contribution is 5.89. The number of nitrogens with zero attached hydrogens (tertiary/aromatic N) is 6. The number of urea groups is 1. The zero-order valence-electron chi connectivity index (χ0n) is 19.7. The summed E-state index contributed by atoms with van der Waals surface area (Å²) in [5.41, 5.74) is -0.161. The third kappa shape index (κ3) is 5.79. The smallest absolute Gasteiger partial charge is 0.322 e. The van der Waals surface area contributed by atoms with Gasteiger partial charge in [0.2, 0.25) is 0 Å². The Hall–Kier alpha value is -3.05. The van der Waals surface area contributed by atoms with Gasteiger partial charge in [0.05, 0.1) is 11.8 Å². The lowest BCUT2D eigenvalue weighted by atomic mass is 10.2. The molecule has 1 aromatic carbocycles. The molecule has 188 valence electrons. The molecule has 5 rings (SSSR count). The highest BCUT2D eigenvalue weighted by atomic mass is 19.1. The summed E-state index contributed by atoms with van der Waals surface area (Å²) in [7, 11) is 0. The molecule has 3 aliphatic heterocycles. The lowest BCUT2D eigenvalue weighted by molar-refractivity contribution is 0.0712. The van der Waals surface area contributed by atoms with Crippen LogP contribution in [-0.2, 0) is 4.74 Å². The normalized spacial score (nSPS) is 21.4. The van der Waals surface area contributed by atoms with Crippen LogP contribution in [0.2, 0.25) is 0 Å². The Labute approximate surface area is 203 Å². The Morgan fingerprint density at radius 2 is 1.60 bits per heavy atom. The summed E-state index contributed by atoms with van der Waals surface area (Å²) in [6.45, 7) is 7.77. The van der Waals surface area contributed by atoms with Crippen molar-refractivity contribution in [2.45, 2.75) is 18.9 Å². The van der Waals surface area contributed by atoms with Crippen LogP contribution in [0.3, 0.4) is 0 Å². The zero-order chi connectivity index (χ0) is 24.2. The van der Waals surface area contributed by atoms with Crippen LogP contribution in [-0.4, -0.2) is 97.6 Å². The van der Waals surface area contributed by atoms with Crippen LogP contribution >= 0.6 is 0 Å². The Balaban J connectivity index is 1.09. The minimum Gasteiger partial charge on any atom is -0.377 e. The van der Waals surface area contributed by atoms with Crippen LogP contribution in [0, 0.1) is 11.6 Å². The molecule has 3 aliphatic rings. The number of amides is 2. The van der Waals surface area contributed by atoms with Crippen LogP contribution < -0.4 is 15.1 Å². The Morgan fingerprint density at radius 3 is 2.20 bits per heavy atom. The van der Waals surface area contributed by atoms with E-state index in [9.17, 15) is 13.6 Å². The molecule has 1 atom stereocenters. The van der Waals surface area contributed by atoms with Crippen molar-refractivity contribution in [2.75, 3.05) is 80.6 Å². The minimum absolute atomic E-state index is 0.161. The first-order valence-electron chi connectivity index (χ1n) is 12.2. The second-order valence-corrected chi connectivity index (χ2v) is 9.20. The summed E-state index contributed by atoms with van der Waals surface area (Å²) in [4.78, 5) is 20.9. The molecule has 3 saturated heterocycles. The lowest BCUT2D eigenvalue weighted by Gasteiger charge is -2.37. The van der Waals surface area contributed by atoms with Crippen LogP contribution in [0.25, 0.3) is 0 Å². The van der Waals surface area contributed by atoms with Gasteiger partial charge in [0, 0.05) is 71.6 Å². The largest absolute Gasteiger partial charge is 0.377 e. The maximum atomic E-state index is 13.8. The molecule has 1 N–H and O–H groups in total. The Kier molecular flexibility index (Phi) is 7.24. The second kappa shape index (κ2) is 10.7. The van der Waals surface area contributed by atoms with Gasteiger partial charge in [-0.25, -0.2) is 13.6 Å². The topological polar surface area (TPSA) is 77.1 Å². The number of halogens is 2. The van der Waals surface area contributed by atoms with Gasteiger partial charge in [-0.1, -0.05) is 0 Å². The molecule has 1 unspecified atom stereocenters. The number of piperazine rings is 2. The van der Waals surface area contributed by atoms with Gasteiger partial charge in [-0.15, -0.1) is 10.2 Å². The molecule has 0 bridgehead atoms. The molecule has 35 heavy (non-hydrogen) atoms. The molecular formula is C24H31F2N7O2. The Morgan fingerprint density at radius 1 is 0.943 bits per heavy atom. The average Bonchev–Trinajstić information content (AvgIpc) is 3.40. The summed E-state index contributed by atoms with van der Waals surface area (Å²) < 4.78 is 32.9. The van der Waals surface area contributed by atoms with Crippen LogP contribution in [0.4, 0.5) is 30.9 Å². The van der Waals surface area contributed by atoms with Crippen LogP contribution in [0.1, 0.15) is 12.8 Å². The summed E-state index contributed by atoms with van der Waals surface area (Å²) >= 11 is 0. The van der Waals surface area contributed by atoms with Gasteiger partial charge in [0.25, 0.3) is 0 Å². The van der Waals surface area contributed by atoms with E-state index in [4.69, 9.17) is 4.74 Å². The van der Waals surface area contributed by atoms with Gasteiger partial charge in [-0.2, -0.15) is 0 Å². The van der Waals surface area contributed by atoms with E-state index >= 15 is 0 Å². The molecule has 4 heterocycles. The molecule has 11 heteroatoms. The molecule has 0 saturated carbocycles. The molecule has 2 aromatic rings. The maximum absolute atomic E-state index is 13.8. The first-order chi connectivity index (χ1) is 17.0. The number of aromatic nitrogens is 2. The number of carbonyl (C=O) groups excluding carboxylic acids is 1. The monoisotopic (exact) mass is 487 g/mol. The predicted octanol–water partition coefficient (Wildman–Crippen LogP) is 2.41. The average molecular weight is 488 g/mol. The number of carbonyl (C=O) groups is 1. The van der Waals surface area contributed by atoms with E-state index in [1.54, 1.807) is 4.90 Å². The first kappa shape index (κ1) is 23.7. The molecule has 0 radical (unpaired) electrons. The van der Waals surface area contributed by atoms with E-state index in [-0.39, 0.29) is 5.69 Å². The van der Waals surface area contributed by atoms with E-state index in [2.05, 4.69) is 30.2 Å². The SMILES string of the molecule is O=C(Nc1cc(F)ccc1F)N1CCN(c2ccc(N3CCN(CC4CCCO4)CC3)nn2)CC1. The standard InChI is InChI=1S/C24H31F2N7O2/c25-18-3-4-20(26)21(16-18)27-24(34)33-13-11-32(12-14-33)23-6-5-22(28-29-23)31-9-7-30(8-10-31)17-19-2-1-15-35-19/h3-6,16,19H,1-2,7-15,17H2,(H,27,34). The first-order valence-corrected chi connectivity index (χ1v) is 12.2. The van der Waals surface area contributed by atoms with Crippen molar-refractivity contribution in [3.05, 3.63) is 42.0 Å². The van der Waals surface area contributed by atoms with E-state index < -0.39 is 17.7 Å². The van der Waals surface area contributed by atoms with E-state index in [0.29, 0.717) is 32.3 Å². The molecule has 2 amide bonds. The van der Waals surface area contributed by atoms with Crippen LogP contribution in [0.5, 0.6) is 0 Å². The fourth-order valence-electron chi connectivity index (χ4n) is 4.82. The van der Waals surface area contributed by atoms with Gasteiger partial charge in [-0.05, 0) is 37.1 Å². The Bertz CT molecular complexity index is 1000. The van der Waals surface area contributed by atoms with Gasteiger partial charge >= 0.3 is 6.03 Å². The van der Waals surface area contributed by atoms with Gasteiger partial charge in [-0.3, -0.25) is 4.90 Å². The van der Waals surface area contributed by atoms with Crippen molar-refractivity contribution in [3.63, 3.8) is 0 Å². The molecule has 9 nitrogen and oxygen atoms in total. The number of hydrogen-bond acceptors (Lipinski definition) is 7. The number of benzene rings is 1. The quantitative estimate of drug-likeness (QED) is 0.694. The van der Waals surface area contributed by atoms with Crippen molar-refractivity contribution in [2.24, 2.45) is 0 Å². The molecule has 1 aromatic heterocycles. The minimum atomic E-state index is -0.669. The van der Waals surface area contributed by atoms with Gasteiger partial charge in [0.15, 0.2) is 11.6 Å². The van der Waals surface area contributed by atoms with E-state index in [0.717, 1.165) is 75.6 Å². The molecule has 0 aliphatic carbocycles. The maximum Gasteiger partial charge on any atom is 0.322 e. The van der Waals surface area contributed by atoms with Crippen molar-refractivity contribution in [1.82, 2.24) is 20.0 Å². The number of nitrogens with one attached hydrogen (secondary N) is 1. The van der Waals surface area contributed by atoms with Gasteiger partial charge in [0.1, 0.15) is 11.6 Å². The molecule has 0 spiro atoms. The summed E-state index contributed by atoms with van der Waals surface area (Å²) in [5, 5.41) is 11.3. The van der Waals surface area contributed by atoms with Gasteiger partial charge < -0.3 is 24.8 Å². The summed E-state index contributed by atoms with van der Waals surface area (Å²) in [5.74, 6) is 0.370. The lowest BCUT2D eigenvalue weighted by Crippen LogP contribution is -2.50. The fourth-order valence-corrected chi connectivity index (χ4v) is 4.82. The van der Waals surface area contributed by atoms with E-state index in [1.165, 1.54) is 6.42 Å². The van der Waals surface area contributed by atoms with Crippen molar-refractivity contribution in [1.29, 1.82) is 0 Å². The predicted molar refractivity (Wildman–Crippen MR) is 129 cm³/mol. The number of rotatable bonds is 5.